The van der Waals surface area contributed by atoms with Gasteiger partial charge in [0.25, 0.3) is 0 Å². The quantitative estimate of drug-likeness (QED) is 0.710. The molecule has 1 unspecified atom stereocenters. The van der Waals surface area contributed by atoms with Gasteiger partial charge in [0.1, 0.15) is 5.60 Å². The van der Waals surface area contributed by atoms with Crippen LogP contribution >= 0.6 is 0 Å². The van der Waals surface area contributed by atoms with Gasteiger partial charge in [0.05, 0.1) is 18.1 Å². The number of aliphatic hydroxyl groups is 1. The molecule has 0 aliphatic rings. The van der Waals surface area contributed by atoms with Crippen LogP contribution in [0.4, 0.5) is 4.79 Å². The van der Waals surface area contributed by atoms with E-state index in [-0.39, 0.29) is 6.54 Å². The first kappa shape index (κ1) is 19.4. The zero-order valence-corrected chi connectivity index (χ0v) is 14.9. The minimum absolute atomic E-state index is 0.253. The molecule has 7 heteroatoms. The molecule has 132 valence electrons. The first-order valence-corrected chi connectivity index (χ1v) is 8.08. The lowest BCUT2D eigenvalue weighted by atomic mass is 10.2. The number of nitrogens with zero attached hydrogens (tertiary/aromatic N) is 3. The second-order valence-electron chi connectivity index (χ2n) is 6.62. The Kier molecular flexibility index (Phi) is 7.51. The number of carbonyl (C=O) groups is 1. The third-order valence-corrected chi connectivity index (χ3v) is 3.14. The van der Waals surface area contributed by atoms with Gasteiger partial charge in [-0.25, -0.2) is 9.78 Å². The first-order chi connectivity index (χ1) is 10.7. The second kappa shape index (κ2) is 8.88. The van der Waals surface area contributed by atoms with Crippen LogP contribution in [0.3, 0.4) is 0 Å². The number of ether oxygens (including phenoxy) is 1. The van der Waals surface area contributed by atoms with Gasteiger partial charge in [-0.05, 0) is 34.6 Å². The average molecular weight is 326 g/mol. The Morgan fingerprint density at radius 1 is 1.52 bits per heavy atom. The van der Waals surface area contributed by atoms with E-state index in [0.29, 0.717) is 19.6 Å². The Bertz CT molecular complexity index is 480. The van der Waals surface area contributed by atoms with Crippen molar-refractivity contribution in [3.63, 3.8) is 0 Å². The lowest BCUT2D eigenvalue weighted by Crippen LogP contribution is -2.43. The van der Waals surface area contributed by atoms with Crippen LogP contribution in [0.2, 0.25) is 0 Å². The van der Waals surface area contributed by atoms with Gasteiger partial charge >= 0.3 is 6.09 Å². The molecule has 1 aromatic heterocycles. The third kappa shape index (κ3) is 7.47. The minimum Gasteiger partial charge on any atom is -0.444 e. The zero-order chi connectivity index (χ0) is 17.5. The largest absolute Gasteiger partial charge is 0.444 e. The lowest BCUT2D eigenvalue weighted by molar-refractivity contribution is 0.0164. The number of aliphatic hydroxyl groups excluding tert-OH is 1. The molecule has 1 atom stereocenters. The van der Waals surface area contributed by atoms with Crippen LogP contribution in [0.1, 0.15) is 40.3 Å². The molecule has 0 saturated carbocycles. The fraction of sp³-hybridized carbons (Fsp3) is 0.750. The van der Waals surface area contributed by atoms with E-state index in [0.717, 1.165) is 12.2 Å². The van der Waals surface area contributed by atoms with Crippen molar-refractivity contribution in [1.29, 1.82) is 0 Å². The molecule has 1 amide bonds. The molecule has 2 N–H and O–H groups in total. The summed E-state index contributed by atoms with van der Waals surface area (Å²) < 4.78 is 7.44. The zero-order valence-electron chi connectivity index (χ0n) is 14.9. The molecule has 7 nitrogen and oxygen atoms in total. The second-order valence-corrected chi connectivity index (χ2v) is 6.62. The van der Waals surface area contributed by atoms with Crippen LogP contribution in [0, 0.1) is 0 Å². The fourth-order valence-electron chi connectivity index (χ4n) is 2.11. The number of aromatic nitrogens is 2. The van der Waals surface area contributed by atoms with Gasteiger partial charge in [0, 0.05) is 38.9 Å². The highest BCUT2D eigenvalue weighted by Gasteiger charge is 2.22. The van der Waals surface area contributed by atoms with E-state index in [1.807, 2.05) is 27.0 Å². The van der Waals surface area contributed by atoms with E-state index < -0.39 is 17.8 Å². The highest BCUT2D eigenvalue weighted by Crippen LogP contribution is 2.10. The Hall–Kier alpha value is -1.60. The normalized spacial score (nSPS) is 13.0. The summed E-state index contributed by atoms with van der Waals surface area (Å²) in [6.07, 6.45) is 2.64. The molecule has 0 fully saturated rings. The Morgan fingerprint density at radius 3 is 2.78 bits per heavy atom. The Balaban J connectivity index is 2.46. The van der Waals surface area contributed by atoms with Crippen LogP contribution in [-0.4, -0.2) is 57.0 Å². The number of aryl methyl sites for hydroxylation is 1. The van der Waals surface area contributed by atoms with Crippen LogP contribution in [0.25, 0.3) is 0 Å². The summed E-state index contributed by atoms with van der Waals surface area (Å²) in [5, 5.41) is 12.9. The van der Waals surface area contributed by atoms with E-state index in [1.165, 1.54) is 4.90 Å². The predicted octanol–water partition coefficient (Wildman–Crippen LogP) is 1.61. The lowest BCUT2D eigenvalue weighted by Gasteiger charge is -2.28. The number of hydrogen-bond donors (Lipinski definition) is 2. The number of hydrogen-bond acceptors (Lipinski definition) is 5. The third-order valence-electron chi connectivity index (χ3n) is 3.14. The van der Waals surface area contributed by atoms with Crippen LogP contribution in [-0.2, 0) is 17.8 Å². The van der Waals surface area contributed by atoms with Gasteiger partial charge in [0.15, 0.2) is 0 Å². The van der Waals surface area contributed by atoms with E-state index in [1.54, 1.807) is 13.3 Å². The van der Waals surface area contributed by atoms with Crippen LogP contribution in [0.5, 0.6) is 0 Å². The topological polar surface area (TPSA) is 79.6 Å². The smallest absolute Gasteiger partial charge is 0.410 e. The molecule has 1 rings (SSSR count). The van der Waals surface area contributed by atoms with Gasteiger partial charge in [-0.1, -0.05) is 0 Å². The molecule has 0 aliphatic heterocycles. The maximum Gasteiger partial charge on any atom is 0.410 e. The fourth-order valence-corrected chi connectivity index (χ4v) is 2.11. The average Bonchev–Trinajstić information content (AvgIpc) is 2.87. The first-order valence-electron chi connectivity index (χ1n) is 8.08. The summed E-state index contributed by atoms with van der Waals surface area (Å²) in [7, 11) is 0. The van der Waals surface area contributed by atoms with Crippen molar-refractivity contribution in [1.82, 2.24) is 19.8 Å². The van der Waals surface area contributed by atoms with Crippen molar-refractivity contribution in [2.75, 3.05) is 19.6 Å². The van der Waals surface area contributed by atoms with Crippen LogP contribution < -0.4 is 5.32 Å². The van der Waals surface area contributed by atoms with E-state index >= 15 is 0 Å². The molecule has 23 heavy (non-hydrogen) atoms. The summed E-state index contributed by atoms with van der Waals surface area (Å²) >= 11 is 0. The van der Waals surface area contributed by atoms with Crippen molar-refractivity contribution < 1.29 is 14.6 Å². The summed E-state index contributed by atoms with van der Waals surface area (Å²) in [4.78, 5) is 17.8. The number of amides is 1. The van der Waals surface area contributed by atoms with Crippen molar-refractivity contribution in [2.45, 2.75) is 59.4 Å². The highest BCUT2D eigenvalue weighted by atomic mass is 16.6. The summed E-state index contributed by atoms with van der Waals surface area (Å²) in [5.74, 6) is 0. The van der Waals surface area contributed by atoms with Crippen molar-refractivity contribution in [2.24, 2.45) is 0 Å². The summed E-state index contributed by atoms with van der Waals surface area (Å²) in [5.41, 5.74) is 0.557. The molecule has 0 radical (unpaired) electrons. The molecule has 0 aliphatic carbocycles. The molecule has 0 spiro atoms. The standard InChI is InChI=1S/C16H30N4O3/c1-6-19-12-18-10-14(19)9-17-7-8-20(11-13(2)21)15(22)23-16(3,4)5/h10,12-13,17,21H,6-9,11H2,1-5H3. The molecule has 1 heterocycles. The number of carbonyl (C=O) groups excluding carboxylic acids is 1. The minimum atomic E-state index is -0.593. The summed E-state index contributed by atoms with van der Waals surface area (Å²) in [6.45, 7) is 12.1. The van der Waals surface area contributed by atoms with Crippen molar-refractivity contribution in [3.05, 3.63) is 18.2 Å². The maximum atomic E-state index is 12.2. The monoisotopic (exact) mass is 326 g/mol. The molecule has 0 aromatic carbocycles. The predicted molar refractivity (Wildman–Crippen MR) is 89.1 cm³/mol. The van der Waals surface area contributed by atoms with Crippen molar-refractivity contribution in [3.8, 4) is 0 Å². The highest BCUT2D eigenvalue weighted by molar-refractivity contribution is 5.68. The van der Waals surface area contributed by atoms with Gasteiger partial charge in [-0.2, -0.15) is 0 Å². The molecule has 0 bridgehead atoms. The van der Waals surface area contributed by atoms with Gasteiger partial charge < -0.3 is 24.6 Å². The van der Waals surface area contributed by atoms with E-state index in [4.69, 9.17) is 4.74 Å². The van der Waals surface area contributed by atoms with Gasteiger partial charge in [0.2, 0.25) is 0 Å². The molecule has 0 saturated heterocycles. The number of nitrogens with one attached hydrogen (secondary N) is 1. The maximum absolute atomic E-state index is 12.2. The SMILES string of the molecule is CCn1cncc1CNCCN(CC(C)O)C(=O)OC(C)(C)C. The Labute approximate surface area is 138 Å². The summed E-state index contributed by atoms with van der Waals surface area (Å²) in [6, 6.07) is 0. The van der Waals surface area contributed by atoms with Gasteiger partial charge in [-0.3, -0.25) is 0 Å². The Morgan fingerprint density at radius 2 is 2.22 bits per heavy atom. The molecular weight excluding hydrogens is 296 g/mol. The van der Waals surface area contributed by atoms with E-state index in [2.05, 4.69) is 21.8 Å². The van der Waals surface area contributed by atoms with Crippen LogP contribution in [0.15, 0.2) is 12.5 Å². The van der Waals surface area contributed by atoms with Crippen molar-refractivity contribution >= 4 is 6.09 Å². The number of imidazole rings is 1. The van der Waals surface area contributed by atoms with E-state index in [9.17, 15) is 9.90 Å². The number of rotatable bonds is 8. The molecule has 1 aromatic rings. The van der Waals surface area contributed by atoms with Gasteiger partial charge in [-0.15, -0.1) is 0 Å². The molecular formula is C16H30N4O3.